The van der Waals surface area contributed by atoms with E-state index in [1.54, 1.807) is 12.1 Å². The molecule has 15 heavy (non-hydrogen) atoms. The summed E-state index contributed by atoms with van der Waals surface area (Å²) in [4.78, 5) is 0. The van der Waals surface area contributed by atoms with Crippen LogP contribution in [-0.4, -0.2) is 0 Å². The summed E-state index contributed by atoms with van der Waals surface area (Å²) in [5.74, 6) is -0.554. The van der Waals surface area contributed by atoms with Crippen LogP contribution in [-0.2, 0) is 0 Å². The maximum absolute atomic E-state index is 13.1. The topological polar surface area (TPSA) is 0 Å². The molecule has 0 amide bonds. The lowest BCUT2D eigenvalue weighted by molar-refractivity contribution is 0.627. The number of rotatable bonds is 1. The summed E-state index contributed by atoms with van der Waals surface area (Å²) in [6, 6.07) is 10.8. The van der Waals surface area contributed by atoms with Crippen LogP contribution in [0.15, 0.2) is 42.5 Å². The Kier molecular flexibility index (Phi) is 2.50. The van der Waals surface area contributed by atoms with Crippen molar-refractivity contribution >= 4 is 0 Å². The van der Waals surface area contributed by atoms with Crippen molar-refractivity contribution in [1.29, 1.82) is 0 Å². The largest absolute Gasteiger partial charge is 0.207 e. The predicted octanol–water partition coefficient (Wildman–Crippen LogP) is 3.94. The van der Waals surface area contributed by atoms with Gasteiger partial charge in [-0.25, -0.2) is 8.78 Å². The van der Waals surface area contributed by atoms with E-state index in [1.807, 2.05) is 13.0 Å². The molecule has 0 spiro atoms. The molecule has 0 radical (unpaired) electrons. The normalized spacial score (nSPS) is 10.3. The molecule has 0 heterocycles. The molecule has 0 aromatic heterocycles. The van der Waals surface area contributed by atoms with E-state index in [4.69, 9.17) is 0 Å². The van der Waals surface area contributed by atoms with E-state index in [1.165, 1.54) is 24.3 Å². The number of benzene rings is 2. The van der Waals surface area contributed by atoms with Gasteiger partial charge in [-0.15, -0.1) is 0 Å². The third-order valence-electron chi connectivity index (χ3n) is 2.22. The van der Waals surface area contributed by atoms with Crippen LogP contribution in [0.25, 0.3) is 11.1 Å². The van der Waals surface area contributed by atoms with Gasteiger partial charge in [-0.2, -0.15) is 0 Å². The first-order valence-corrected chi connectivity index (χ1v) is 4.68. The standard InChI is InChI=1S/C13H10F2/c1-9-6-11(8-13(15)7-9)10-2-4-12(14)5-3-10/h2-8H,1H3. The van der Waals surface area contributed by atoms with Crippen LogP contribution in [0.5, 0.6) is 0 Å². The van der Waals surface area contributed by atoms with Gasteiger partial charge in [-0.3, -0.25) is 0 Å². The lowest BCUT2D eigenvalue weighted by atomic mass is 10.0. The zero-order valence-corrected chi connectivity index (χ0v) is 8.30. The monoisotopic (exact) mass is 204 g/mol. The molecule has 76 valence electrons. The van der Waals surface area contributed by atoms with Gasteiger partial charge in [0.2, 0.25) is 0 Å². The molecule has 2 rings (SSSR count). The van der Waals surface area contributed by atoms with Gasteiger partial charge in [0, 0.05) is 0 Å². The maximum atomic E-state index is 13.1. The summed E-state index contributed by atoms with van der Waals surface area (Å²) in [5.41, 5.74) is 2.45. The van der Waals surface area contributed by atoms with E-state index in [0.29, 0.717) is 0 Å². The molecule has 0 saturated carbocycles. The Morgan fingerprint density at radius 1 is 0.733 bits per heavy atom. The Morgan fingerprint density at radius 3 is 2.00 bits per heavy atom. The Hall–Kier alpha value is -1.70. The van der Waals surface area contributed by atoms with Crippen molar-refractivity contribution in [2.45, 2.75) is 6.92 Å². The van der Waals surface area contributed by atoms with E-state index in [9.17, 15) is 8.78 Å². The molecule has 2 aromatic rings. The zero-order chi connectivity index (χ0) is 10.8. The quantitative estimate of drug-likeness (QED) is 0.660. The summed E-state index contributed by atoms with van der Waals surface area (Å²) in [5, 5.41) is 0. The van der Waals surface area contributed by atoms with E-state index in [-0.39, 0.29) is 11.6 Å². The highest BCUT2D eigenvalue weighted by Gasteiger charge is 2.01. The van der Waals surface area contributed by atoms with Gasteiger partial charge < -0.3 is 0 Å². The number of hydrogen-bond donors (Lipinski definition) is 0. The van der Waals surface area contributed by atoms with E-state index >= 15 is 0 Å². The minimum atomic E-state index is -0.285. The van der Waals surface area contributed by atoms with Crippen molar-refractivity contribution in [3.63, 3.8) is 0 Å². The molecule has 0 aliphatic carbocycles. The molecule has 0 bridgehead atoms. The van der Waals surface area contributed by atoms with Gasteiger partial charge in [0.1, 0.15) is 11.6 Å². The summed E-state index contributed by atoms with van der Waals surface area (Å²) < 4.78 is 25.8. The van der Waals surface area contributed by atoms with Gasteiger partial charge in [-0.1, -0.05) is 18.2 Å². The van der Waals surface area contributed by atoms with Crippen LogP contribution in [0.3, 0.4) is 0 Å². The molecule has 0 atom stereocenters. The highest BCUT2D eigenvalue weighted by atomic mass is 19.1. The highest BCUT2D eigenvalue weighted by Crippen LogP contribution is 2.21. The summed E-state index contributed by atoms with van der Waals surface area (Å²) in [6.45, 7) is 1.83. The fourth-order valence-corrected chi connectivity index (χ4v) is 1.55. The first kappa shape index (κ1) is 9.84. The number of hydrogen-bond acceptors (Lipinski definition) is 0. The lowest BCUT2D eigenvalue weighted by Crippen LogP contribution is -1.83. The summed E-state index contributed by atoms with van der Waals surface area (Å²) >= 11 is 0. The molecular formula is C13H10F2. The molecule has 2 heteroatoms. The maximum Gasteiger partial charge on any atom is 0.124 e. The van der Waals surface area contributed by atoms with Crippen LogP contribution in [0.2, 0.25) is 0 Å². The first-order valence-electron chi connectivity index (χ1n) is 4.68. The molecule has 0 nitrogen and oxygen atoms in total. The van der Waals surface area contributed by atoms with Crippen LogP contribution < -0.4 is 0 Å². The van der Waals surface area contributed by atoms with Crippen LogP contribution >= 0.6 is 0 Å². The Bertz CT molecular complexity index is 452. The fourth-order valence-electron chi connectivity index (χ4n) is 1.55. The number of aryl methyl sites for hydroxylation is 1. The van der Waals surface area contributed by atoms with Crippen molar-refractivity contribution in [2.75, 3.05) is 0 Å². The summed E-state index contributed by atoms with van der Waals surface area (Å²) in [6.07, 6.45) is 0. The van der Waals surface area contributed by atoms with Crippen molar-refractivity contribution in [3.8, 4) is 11.1 Å². The number of halogens is 2. The SMILES string of the molecule is Cc1cc(F)cc(-c2ccc(F)cc2)c1. The van der Waals surface area contributed by atoms with Gasteiger partial charge in [0.15, 0.2) is 0 Å². The average Bonchev–Trinajstić information content (AvgIpc) is 2.17. The molecule has 0 saturated heterocycles. The highest BCUT2D eigenvalue weighted by molar-refractivity contribution is 5.64. The van der Waals surface area contributed by atoms with Crippen molar-refractivity contribution in [2.24, 2.45) is 0 Å². The van der Waals surface area contributed by atoms with Gasteiger partial charge >= 0.3 is 0 Å². The van der Waals surface area contributed by atoms with E-state index in [2.05, 4.69) is 0 Å². The molecule has 0 N–H and O–H groups in total. The van der Waals surface area contributed by atoms with Gasteiger partial charge in [0.25, 0.3) is 0 Å². The third kappa shape index (κ3) is 2.21. The summed E-state index contributed by atoms with van der Waals surface area (Å²) in [7, 11) is 0. The molecular weight excluding hydrogens is 194 g/mol. The van der Waals surface area contributed by atoms with E-state index in [0.717, 1.165) is 16.7 Å². The average molecular weight is 204 g/mol. The van der Waals surface area contributed by atoms with E-state index < -0.39 is 0 Å². The minimum absolute atomic E-state index is 0.269. The zero-order valence-electron chi connectivity index (χ0n) is 8.30. The molecule has 0 unspecified atom stereocenters. The predicted molar refractivity (Wildman–Crippen MR) is 56.5 cm³/mol. The lowest BCUT2D eigenvalue weighted by Gasteiger charge is -2.03. The third-order valence-corrected chi connectivity index (χ3v) is 2.22. The second-order valence-corrected chi connectivity index (χ2v) is 3.52. The molecule has 0 aliphatic heterocycles. The molecule has 0 fully saturated rings. The fraction of sp³-hybridized carbons (Fsp3) is 0.0769. The van der Waals surface area contributed by atoms with Crippen LogP contribution in [0.4, 0.5) is 8.78 Å². The van der Waals surface area contributed by atoms with Gasteiger partial charge in [-0.05, 0) is 47.9 Å². The second kappa shape index (κ2) is 3.81. The second-order valence-electron chi connectivity index (χ2n) is 3.52. The van der Waals surface area contributed by atoms with Crippen molar-refractivity contribution in [3.05, 3.63) is 59.7 Å². The Morgan fingerprint density at radius 2 is 1.40 bits per heavy atom. The smallest absolute Gasteiger partial charge is 0.124 e. The molecule has 2 aromatic carbocycles. The Balaban J connectivity index is 2.49. The van der Waals surface area contributed by atoms with Crippen molar-refractivity contribution in [1.82, 2.24) is 0 Å². The Labute approximate surface area is 87.2 Å². The first-order chi connectivity index (χ1) is 7.15. The van der Waals surface area contributed by atoms with Crippen LogP contribution in [0, 0.1) is 18.6 Å². The van der Waals surface area contributed by atoms with Gasteiger partial charge in [0.05, 0.1) is 0 Å². The minimum Gasteiger partial charge on any atom is -0.207 e. The molecule has 0 aliphatic rings. The van der Waals surface area contributed by atoms with Crippen LogP contribution in [0.1, 0.15) is 5.56 Å². The van der Waals surface area contributed by atoms with Crippen molar-refractivity contribution < 1.29 is 8.78 Å².